The fourth-order valence-electron chi connectivity index (χ4n) is 2.56. The predicted molar refractivity (Wildman–Crippen MR) is 75.9 cm³/mol. The van der Waals surface area contributed by atoms with Crippen LogP contribution in [0.3, 0.4) is 0 Å². The van der Waals surface area contributed by atoms with Crippen LogP contribution in [0.15, 0.2) is 18.2 Å². The molecular formula is C15H17F2NO5. The molecule has 0 heterocycles. The van der Waals surface area contributed by atoms with E-state index < -0.39 is 24.0 Å². The zero-order chi connectivity index (χ0) is 17.0. The van der Waals surface area contributed by atoms with Crippen LogP contribution in [-0.2, 0) is 4.79 Å². The highest BCUT2D eigenvalue weighted by Gasteiger charge is 2.40. The second-order valence-electron chi connectivity index (χ2n) is 5.40. The average molecular weight is 329 g/mol. The van der Waals surface area contributed by atoms with Gasteiger partial charge >= 0.3 is 12.6 Å². The number of halogens is 2. The number of nitrogens with one attached hydrogen (secondary N) is 1. The van der Waals surface area contributed by atoms with Gasteiger partial charge in [-0.3, -0.25) is 9.59 Å². The van der Waals surface area contributed by atoms with Gasteiger partial charge in [0.1, 0.15) is 0 Å². The van der Waals surface area contributed by atoms with E-state index >= 15 is 0 Å². The molecule has 1 aromatic rings. The number of carboxylic acids is 1. The Morgan fingerprint density at radius 3 is 2.52 bits per heavy atom. The van der Waals surface area contributed by atoms with Crippen molar-refractivity contribution in [2.45, 2.75) is 37.8 Å². The number of carbonyl (C=O) groups excluding carboxylic acids is 1. The first-order valence-corrected chi connectivity index (χ1v) is 7.02. The molecule has 0 radical (unpaired) electrons. The maximum absolute atomic E-state index is 12.4. The fourth-order valence-corrected chi connectivity index (χ4v) is 2.56. The minimum atomic E-state index is -3.05. The zero-order valence-electron chi connectivity index (χ0n) is 12.5. The largest absolute Gasteiger partial charge is 0.493 e. The van der Waals surface area contributed by atoms with Gasteiger partial charge in [0.2, 0.25) is 0 Å². The fraction of sp³-hybridized carbons (Fsp3) is 0.467. The van der Waals surface area contributed by atoms with E-state index in [1.54, 1.807) is 0 Å². The summed E-state index contributed by atoms with van der Waals surface area (Å²) < 4.78 is 34.0. The van der Waals surface area contributed by atoms with Crippen molar-refractivity contribution in [1.82, 2.24) is 5.32 Å². The second-order valence-corrected chi connectivity index (χ2v) is 5.40. The molecule has 0 saturated heterocycles. The standard InChI is InChI=1S/C15H17F2NO5/c1-22-10-4-3-9(7-11(10)23-14(16)17)13(21)18-15(5-2-6-15)8-12(19)20/h3-4,7,14H,2,5-6,8H2,1H3,(H,18,21)(H,19,20). The molecule has 0 aromatic heterocycles. The summed E-state index contributed by atoms with van der Waals surface area (Å²) in [6.07, 6.45) is 1.80. The van der Waals surface area contributed by atoms with Crippen molar-refractivity contribution in [3.05, 3.63) is 23.8 Å². The van der Waals surface area contributed by atoms with Gasteiger partial charge in [-0.15, -0.1) is 0 Å². The van der Waals surface area contributed by atoms with Crippen molar-refractivity contribution in [3.8, 4) is 11.5 Å². The molecule has 0 aliphatic heterocycles. The third kappa shape index (κ3) is 4.08. The summed E-state index contributed by atoms with van der Waals surface area (Å²) in [6, 6.07) is 3.89. The Bertz CT molecular complexity index is 602. The number of hydrogen-bond donors (Lipinski definition) is 2. The highest BCUT2D eigenvalue weighted by molar-refractivity contribution is 5.95. The maximum atomic E-state index is 12.4. The molecule has 0 unspecified atom stereocenters. The van der Waals surface area contributed by atoms with Gasteiger partial charge in [-0.05, 0) is 37.5 Å². The van der Waals surface area contributed by atoms with E-state index in [1.807, 2.05) is 0 Å². The molecule has 1 aromatic carbocycles. The lowest BCUT2D eigenvalue weighted by Crippen LogP contribution is -2.54. The molecule has 2 N–H and O–H groups in total. The van der Waals surface area contributed by atoms with Gasteiger partial charge in [-0.2, -0.15) is 8.78 Å². The number of rotatable bonds is 7. The van der Waals surface area contributed by atoms with Gasteiger partial charge in [0.25, 0.3) is 5.91 Å². The molecule has 0 bridgehead atoms. The van der Waals surface area contributed by atoms with Crippen molar-refractivity contribution >= 4 is 11.9 Å². The van der Waals surface area contributed by atoms with Crippen LogP contribution in [0.2, 0.25) is 0 Å². The summed E-state index contributed by atoms with van der Waals surface area (Å²) in [5, 5.41) is 11.6. The van der Waals surface area contributed by atoms with Gasteiger partial charge in [-0.1, -0.05) is 0 Å². The van der Waals surface area contributed by atoms with Crippen LogP contribution >= 0.6 is 0 Å². The van der Waals surface area contributed by atoms with Crippen molar-refractivity contribution in [3.63, 3.8) is 0 Å². The van der Waals surface area contributed by atoms with E-state index in [1.165, 1.54) is 19.2 Å². The van der Waals surface area contributed by atoms with E-state index in [0.29, 0.717) is 12.8 Å². The van der Waals surface area contributed by atoms with E-state index in [9.17, 15) is 18.4 Å². The first-order chi connectivity index (χ1) is 10.8. The highest BCUT2D eigenvalue weighted by Crippen LogP contribution is 2.36. The third-order valence-electron chi connectivity index (χ3n) is 3.82. The van der Waals surface area contributed by atoms with Crippen LogP contribution < -0.4 is 14.8 Å². The van der Waals surface area contributed by atoms with E-state index in [4.69, 9.17) is 9.84 Å². The van der Waals surface area contributed by atoms with Crippen LogP contribution in [0.4, 0.5) is 8.78 Å². The van der Waals surface area contributed by atoms with Gasteiger partial charge in [0.15, 0.2) is 11.5 Å². The summed E-state index contributed by atoms with van der Waals surface area (Å²) in [5.41, 5.74) is -0.676. The predicted octanol–water partition coefficient (Wildman–Crippen LogP) is 2.42. The molecule has 1 amide bonds. The number of benzene rings is 1. The molecule has 1 saturated carbocycles. The molecule has 6 nitrogen and oxygen atoms in total. The van der Waals surface area contributed by atoms with Gasteiger partial charge in [-0.25, -0.2) is 0 Å². The quantitative estimate of drug-likeness (QED) is 0.802. The monoisotopic (exact) mass is 329 g/mol. The van der Waals surface area contributed by atoms with Crippen molar-refractivity contribution in [2.24, 2.45) is 0 Å². The summed E-state index contributed by atoms with van der Waals surface area (Å²) in [7, 11) is 1.30. The molecular weight excluding hydrogens is 312 g/mol. The number of ether oxygens (including phenoxy) is 2. The molecule has 8 heteroatoms. The summed E-state index contributed by atoms with van der Waals surface area (Å²) in [5.74, 6) is -1.71. The summed E-state index contributed by atoms with van der Waals surface area (Å²) in [6.45, 7) is -3.05. The number of alkyl halides is 2. The van der Waals surface area contributed by atoms with Crippen LogP contribution in [0.1, 0.15) is 36.0 Å². The van der Waals surface area contributed by atoms with E-state index in [2.05, 4.69) is 10.1 Å². The topological polar surface area (TPSA) is 84.9 Å². The lowest BCUT2D eigenvalue weighted by molar-refractivity contribution is -0.139. The molecule has 0 spiro atoms. The van der Waals surface area contributed by atoms with Crippen LogP contribution in [-0.4, -0.2) is 36.2 Å². The van der Waals surface area contributed by atoms with Crippen molar-refractivity contribution in [2.75, 3.05) is 7.11 Å². The third-order valence-corrected chi connectivity index (χ3v) is 3.82. The van der Waals surface area contributed by atoms with E-state index in [-0.39, 0.29) is 23.5 Å². The minimum absolute atomic E-state index is 0.0748. The highest BCUT2D eigenvalue weighted by atomic mass is 19.3. The molecule has 1 aliphatic carbocycles. The van der Waals surface area contributed by atoms with E-state index in [0.717, 1.165) is 12.5 Å². The Labute approximate surface area is 131 Å². The SMILES string of the molecule is COc1ccc(C(=O)NC2(CC(=O)O)CCC2)cc1OC(F)F. The second kappa shape index (κ2) is 6.80. The molecule has 1 fully saturated rings. The Hall–Kier alpha value is -2.38. The number of carbonyl (C=O) groups is 2. The Morgan fingerprint density at radius 2 is 2.04 bits per heavy atom. The minimum Gasteiger partial charge on any atom is -0.493 e. The first kappa shape index (κ1) is 17.0. The Morgan fingerprint density at radius 1 is 1.35 bits per heavy atom. The average Bonchev–Trinajstić information content (AvgIpc) is 2.43. The molecule has 0 atom stereocenters. The molecule has 23 heavy (non-hydrogen) atoms. The molecule has 126 valence electrons. The number of hydrogen-bond acceptors (Lipinski definition) is 4. The van der Waals surface area contributed by atoms with Crippen molar-refractivity contribution in [1.29, 1.82) is 0 Å². The zero-order valence-corrected chi connectivity index (χ0v) is 12.5. The number of amides is 1. The lowest BCUT2D eigenvalue weighted by Gasteiger charge is -2.41. The van der Waals surface area contributed by atoms with Crippen LogP contribution in [0.5, 0.6) is 11.5 Å². The van der Waals surface area contributed by atoms with Crippen LogP contribution in [0, 0.1) is 0 Å². The number of aliphatic carboxylic acids is 1. The number of methoxy groups -OCH3 is 1. The number of carboxylic acid groups (broad SMARTS) is 1. The summed E-state index contributed by atoms with van der Waals surface area (Å²) in [4.78, 5) is 23.2. The Kier molecular flexibility index (Phi) is 5.02. The normalized spacial score (nSPS) is 15.7. The van der Waals surface area contributed by atoms with Gasteiger partial charge < -0.3 is 19.9 Å². The van der Waals surface area contributed by atoms with Crippen molar-refractivity contribution < 1.29 is 33.0 Å². The van der Waals surface area contributed by atoms with Gasteiger partial charge in [0, 0.05) is 5.56 Å². The smallest absolute Gasteiger partial charge is 0.387 e. The molecule has 2 rings (SSSR count). The molecule has 1 aliphatic rings. The summed E-state index contributed by atoms with van der Waals surface area (Å²) >= 11 is 0. The van der Waals surface area contributed by atoms with Crippen LogP contribution in [0.25, 0.3) is 0 Å². The van der Waals surface area contributed by atoms with Gasteiger partial charge in [0.05, 0.1) is 19.1 Å². The Balaban J connectivity index is 2.17. The lowest BCUT2D eigenvalue weighted by atomic mass is 9.74. The first-order valence-electron chi connectivity index (χ1n) is 7.02. The maximum Gasteiger partial charge on any atom is 0.387 e.